The fourth-order valence-corrected chi connectivity index (χ4v) is 3.47. The van der Waals surface area contributed by atoms with E-state index in [1.807, 2.05) is 37.3 Å². The molecule has 3 rings (SSSR count). The number of para-hydroxylation sites is 1. The third kappa shape index (κ3) is 4.78. The molecular weight excluding hydrogens is 372 g/mol. The van der Waals surface area contributed by atoms with Crippen LogP contribution in [0.3, 0.4) is 0 Å². The highest BCUT2D eigenvalue weighted by Gasteiger charge is 2.15. The van der Waals surface area contributed by atoms with E-state index in [0.29, 0.717) is 28.5 Å². The third-order valence-electron chi connectivity index (χ3n) is 4.61. The Labute approximate surface area is 168 Å². The molecule has 1 unspecified atom stereocenters. The Morgan fingerprint density at radius 1 is 1.18 bits per heavy atom. The molecule has 0 aliphatic heterocycles. The number of carbonyl (C=O) groups excluding carboxylic acids is 1. The van der Waals surface area contributed by atoms with Crippen LogP contribution in [0.4, 0.5) is 0 Å². The first-order valence-corrected chi connectivity index (χ1v) is 10.2. The largest absolute Gasteiger partial charge is 0.353 e. The number of nitrogens with zero attached hydrogens (tertiary/aromatic N) is 3. The average Bonchev–Trinajstić information content (AvgIpc) is 2.69. The van der Waals surface area contributed by atoms with Gasteiger partial charge in [0.05, 0.1) is 23.2 Å². The Morgan fingerprint density at radius 2 is 1.96 bits per heavy atom. The van der Waals surface area contributed by atoms with Gasteiger partial charge in [0.2, 0.25) is 5.91 Å². The SMILES string of the molecule is CC(C)C(C)NC(=O)CSc1nc2ccccc2c(=O)n1Cc1cccnc1. The maximum Gasteiger partial charge on any atom is 0.262 e. The number of hydrogen-bond donors (Lipinski definition) is 1. The van der Waals surface area contributed by atoms with Crippen LogP contribution in [-0.4, -0.2) is 32.2 Å². The molecule has 1 N–H and O–H groups in total. The molecule has 0 aliphatic carbocycles. The molecule has 0 radical (unpaired) electrons. The molecule has 0 bridgehead atoms. The summed E-state index contributed by atoms with van der Waals surface area (Å²) in [5, 5.41) is 4.08. The fourth-order valence-electron chi connectivity index (χ4n) is 2.66. The molecule has 1 aromatic carbocycles. The molecule has 6 nitrogen and oxygen atoms in total. The number of hydrogen-bond acceptors (Lipinski definition) is 5. The summed E-state index contributed by atoms with van der Waals surface area (Å²) >= 11 is 1.28. The zero-order chi connectivity index (χ0) is 20.1. The Balaban J connectivity index is 1.90. The molecule has 28 heavy (non-hydrogen) atoms. The second kappa shape index (κ2) is 9.01. The highest BCUT2D eigenvalue weighted by atomic mass is 32.2. The first kappa shape index (κ1) is 20.1. The van der Waals surface area contributed by atoms with Crippen molar-refractivity contribution in [2.24, 2.45) is 5.92 Å². The van der Waals surface area contributed by atoms with Gasteiger partial charge in [-0.1, -0.05) is 43.8 Å². The highest BCUT2D eigenvalue weighted by molar-refractivity contribution is 7.99. The molecular formula is C21H24N4O2S. The number of carbonyl (C=O) groups is 1. The summed E-state index contributed by atoms with van der Waals surface area (Å²) in [6.45, 7) is 6.47. The molecule has 146 valence electrons. The maximum atomic E-state index is 13.1. The summed E-state index contributed by atoms with van der Waals surface area (Å²) < 4.78 is 1.61. The third-order valence-corrected chi connectivity index (χ3v) is 5.59. The zero-order valence-corrected chi connectivity index (χ0v) is 17.1. The summed E-state index contributed by atoms with van der Waals surface area (Å²) in [5.41, 5.74) is 1.42. The topological polar surface area (TPSA) is 76.9 Å². The van der Waals surface area contributed by atoms with Crippen LogP contribution >= 0.6 is 11.8 Å². The number of nitrogens with one attached hydrogen (secondary N) is 1. The van der Waals surface area contributed by atoms with Gasteiger partial charge in [-0.05, 0) is 36.6 Å². The smallest absolute Gasteiger partial charge is 0.262 e. The van der Waals surface area contributed by atoms with Gasteiger partial charge in [-0.25, -0.2) is 4.98 Å². The number of benzene rings is 1. The predicted octanol–water partition coefficient (Wildman–Crippen LogP) is 3.09. The van der Waals surface area contributed by atoms with Gasteiger partial charge in [0, 0.05) is 18.4 Å². The van der Waals surface area contributed by atoms with Crippen LogP contribution in [0.1, 0.15) is 26.3 Å². The van der Waals surface area contributed by atoms with E-state index in [1.54, 1.807) is 23.0 Å². The fraction of sp³-hybridized carbons (Fsp3) is 0.333. The minimum absolute atomic E-state index is 0.0680. The summed E-state index contributed by atoms with van der Waals surface area (Å²) in [5.74, 6) is 0.493. The van der Waals surface area contributed by atoms with E-state index >= 15 is 0 Å². The van der Waals surface area contributed by atoms with Gasteiger partial charge >= 0.3 is 0 Å². The van der Waals surface area contributed by atoms with E-state index in [0.717, 1.165) is 5.56 Å². The minimum Gasteiger partial charge on any atom is -0.353 e. The highest BCUT2D eigenvalue weighted by Crippen LogP contribution is 2.19. The van der Waals surface area contributed by atoms with Crippen molar-refractivity contribution in [1.29, 1.82) is 0 Å². The Bertz CT molecular complexity index is 1020. The van der Waals surface area contributed by atoms with Gasteiger partial charge in [-0.15, -0.1) is 0 Å². The maximum absolute atomic E-state index is 13.1. The molecule has 0 fully saturated rings. The number of pyridine rings is 1. The van der Waals surface area contributed by atoms with E-state index < -0.39 is 0 Å². The van der Waals surface area contributed by atoms with E-state index in [1.165, 1.54) is 11.8 Å². The lowest BCUT2D eigenvalue weighted by atomic mass is 10.1. The lowest BCUT2D eigenvalue weighted by Gasteiger charge is -2.17. The average molecular weight is 397 g/mol. The van der Waals surface area contributed by atoms with Crippen molar-refractivity contribution in [3.63, 3.8) is 0 Å². The lowest BCUT2D eigenvalue weighted by Crippen LogP contribution is -2.37. The van der Waals surface area contributed by atoms with Gasteiger partial charge in [0.1, 0.15) is 0 Å². The van der Waals surface area contributed by atoms with Gasteiger partial charge in [-0.3, -0.25) is 19.1 Å². The molecule has 0 saturated carbocycles. The molecule has 7 heteroatoms. The van der Waals surface area contributed by atoms with E-state index in [4.69, 9.17) is 0 Å². The van der Waals surface area contributed by atoms with Gasteiger partial charge in [0.15, 0.2) is 5.16 Å². The normalized spacial score (nSPS) is 12.3. The first-order chi connectivity index (χ1) is 13.5. The molecule has 0 spiro atoms. The summed E-state index contributed by atoms with van der Waals surface area (Å²) in [7, 11) is 0. The molecule has 1 atom stereocenters. The van der Waals surface area contributed by atoms with Crippen molar-refractivity contribution < 1.29 is 4.79 Å². The van der Waals surface area contributed by atoms with Crippen molar-refractivity contribution in [2.75, 3.05) is 5.75 Å². The summed E-state index contributed by atoms with van der Waals surface area (Å²) in [6.07, 6.45) is 3.42. The number of fused-ring (bicyclic) bond motifs is 1. The van der Waals surface area contributed by atoms with E-state index in [-0.39, 0.29) is 23.3 Å². The predicted molar refractivity (Wildman–Crippen MR) is 113 cm³/mol. The van der Waals surface area contributed by atoms with Crippen molar-refractivity contribution in [3.05, 3.63) is 64.7 Å². The van der Waals surface area contributed by atoms with Crippen LogP contribution in [0.2, 0.25) is 0 Å². The van der Waals surface area contributed by atoms with Crippen LogP contribution in [0.15, 0.2) is 58.7 Å². The summed E-state index contributed by atoms with van der Waals surface area (Å²) in [6, 6.07) is 11.1. The molecule has 2 aromatic heterocycles. The van der Waals surface area contributed by atoms with Crippen LogP contribution in [0.5, 0.6) is 0 Å². The minimum atomic E-state index is -0.118. The van der Waals surface area contributed by atoms with Crippen molar-refractivity contribution in [3.8, 4) is 0 Å². The van der Waals surface area contributed by atoms with Crippen molar-refractivity contribution >= 4 is 28.6 Å². The molecule has 1 amide bonds. The first-order valence-electron chi connectivity index (χ1n) is 9.26. The zero-order valence-electron chi connectivity index (χ0n) is 16.3. The molecule has 3 aromatic rings. The summed E-state index contributed by atoms with van der Waals surface area (Å²) in [4.78, 5) is 34.1. The van der Waals surface area contributed by atoms with Crippen molar-refractivity contribution in [2.45, 2.75) is 38.5 Å². The standard InChI is InChI=1S/C21H24N4O2S/c1-14(2)15(3)23-19(26)13-28-21-24-18-9-5-4-8-17(18)20(27)25(21)12-16-7-6-10-22-11-16/h4-11,14-15H,12-13H2,1-3H3,(H,23,26). The van der Waals surface area contributed by atoms with Gasteiger partial charge in [0.25, 0.3) is 5.56 Å². The number of thioether (sulfide) groups is 1. The second-order valence-electron chi connectivity index (χ2n) is 7.05. The van der Waals surface area contributed by atoms with Gasteiger partial charge < -0.3 is 5.32 Å². The van der Waals surface area contributed by atoms with Crippen LogP contribution in [0, 0.1) is 5.92 Å². The van der Waals surface area contributed by atoms with Crippen molar-refractivity contribution in [1.82, 2.24) is 19.9 Å². The number of rotatable bonds is 7. The number of aromatic nitrogens is 3. The molecule has 0 aliphatic rings. The number of amides is 1. The second-order valence-corrected chi connectivity index (χ2v) is 8.00. The quantitative estimate of drug-likeness (QED) is 0.491. The van der Waals surface area contributed by atoms with Crippen LogP contribution in [0.25, 0.3) is 10.9 Å². The van der Waals surface area contributed by atoms with Gasteiger partial charge in [-0.2, -0.15) is 0 Å². The Morgan fingerprint density at radius 3 is 2.68 bits per heavy atom. The van der Waals surface area contributed by atoms with Crippen LogP contribution < -0.4 is 10.9 Å². The molecule has 0 saturated heterocycles. The molecule has 2 heterocycles. The van der Waals surface area contributed by atoms with Crippen LogP contribution in [-0.2, 0) is 11.3 Å². The van der Waals surface area contributed by atoms with E-state index in [2.05, 4.69) is 29.1 Å². The lowest BCUT2D eigenvalue weighted by molar-refractivity contribution is -0.119. The van der Waals surface area contributed by atoms with E-state index in [9.17, 15) is 9.59 Å². The monoisotopic (exact) mass is 396 g/mol. The Kier molecular flexibility index (Phi) is 6.46. The Hall–Kier alpha value is -2.67.